The molecule has 1 aliphatic rings. The van der Waals surface area contributed by atoms with Crippen molar-refractivity contribution in [3.05, 3.63) is 39.4 Å². The van der Waals surface area contributed by atoms with Crippen molar-refractivity contribution in [1.82, 2.24) is 4.90 Å². The second kappa shape index (κ2) is 7.35. The smallest absolute Gasteiger partial charge is 0.274 e. The number of hydrogen-bond donors (Lipinski definition) is 1. The number of nitrogens with zero attached hydrogens (tertiary/aromatic N) is 2. The van der Waals surface area contributed by atoms with E-state index in [9.17, 15) is 14.9 Å². The molecule has 1 aromatic carbocycles. The van der Waals surface area contributed by atoms with Crippen LogP contribution in [0, 0.1) is 10.1 Å². The van der Waals surface area contributed by atoms with Crippen LogP contribution in [-0.2, 0) is 6.54 Å². The number of hydrogen-bond acceptors (Lipinski definition) is 4. The van der Waals surface area contributed by atoms with Gasteiger partial charge in [-0.2, -0.15) is 0 Å². The van der Waals surface area contributed by atoms with E-state index in [0.717, 1.165) is 12.8 Å². The zero-order chi connectivity index (χ0) is 16.1. The molecule has 2 N–H and O–H groups in total. The third-order valence-electron chi connectivity index (χ3n) is 4.43. The molecule has 0 bridgehead atoms. The average Bonchev–Trinajstić information content (AvgIpc) is 2.76. The standard InChI is InChI=1S/C16H23N3O3/c1-18(14-6-4-2-3-5-7-14)11-13-9-8-12(16(17)20)10-15(13)19(21)22/h8-10,14H,2-7,11H2,1H3,(H2,17,20). The predicted octanol–water partition coefficient (Wildman–Crippen LogP) is 2.85. The van der Waals surface area contributed by atoms with Gasteiger partial charge in [-0.25, -0.2) is 0 Å². The molecule has 1 saturated carbocycles. The molecule has 1 aromatic rings. The molecule has 6 nitrogen and oxygen atoms in total. The molecular formula is C16H23N3O3. The zero-order valence-corrected chi connectivity index (χ0v) is 13.0. The lowest BCUT2D eigenvalue weighted by atomic mass is 10.0. The highest BCUT2D eigenvalue weighted by Crippen LogP contribution is 2.26. The lowest BCUT2D eigenvalue weighted by Gasteiger charge is -2.27. The third kappa shape index (κ3) is 4.04. The van der Waals surface area contributed by atoms with E-state index < -0.39 is 10.8 Å². The fourth-order valence-corrected chi connectivity index (χ4v) is 3.12. The molecule has 22 heavy (non-hydrogen) atoms. The van der Waals surface area contributed by atoms with Crippen LogP contribution in [0.25, 0.3) is 0 Å². The minimum Gasteiger partial charge on any atom is -0.366 e. The summed E-state index contributed by atoms with van der Waals surface area (Å²) in [5, 5.41) is 11.2. The Morgan fingerprint density at radius 2 is 1.95 bits per heavy atom. The first-order valence-corrected chi connectivity index (χ1v) is 7.76. The number of nitro benzene ring substituents is 1. The molecular weight excluding hydrogens is 282 g/mol. The van der Waals surface area contributed by atoms with Gasteiger partial charge in [0.1, 0.15) is 0 Å². The first-order chi connectivity index (χ1) is 10.5. The largest absolute Gasteiger partial charge is 0.366 e. The highest BCUT2D eigenvalue weighted by atomic mass is 16.6. The summed E-state index contributed by atoms with van der Waals surface area (Å²) in [5.74, 6) is -0.647. The van der Waals surface area contributed by atoms with Crippen LogP contribution in [0.1, 0.15) is 54.4 Å². The summed E-state index contributed by atoms with van der Waals surface area (Å²) in [6.45, 7) is 0.514. The fourth-order valence-electron chi connectivity index (χ4n) is 3.12. The number of carbonyl (C=O) groups is 1. The van der Waals surface area contributed by atoms with Gasteiger partial charge in [0.15, 0.2) is 0 Å². The highest BCUT2D eigenvalue weighted by Gasteiger charge is 2.21. The Balaban J connectivity index is 2.17. The number of rotatable bonds is 5. The van der Waals surface area contributed by atoms with Crippen molar-refractivity contribution in [1.29, 1.82) is 0 Å². The van der Waals surface area contributed by atoms with Crippen LogP contribution in [0.4, 0.5) is 5.69 Å². The third-order valence-corrected chi connectivity index (χ3v) is 4.43. The number of carbonyl (C=O) groups excluding carboxylic acids is 1. The van der Waals surface area contributed by atoms with Gasteiger partial charge in [-0.05, 0) is 26.0 Å². The van der Waals surface area contributed by atoms with Gasteiger partial charge in [-0.15, -0.1) is 0 Å². The maximum atomic E-state index is 11.2. The van der Waals surface area contributed by atoms with E-state index in [-0.39, 0.29) is 11.3 Å². The molecule has 0 unspecified atom stereocenters. The summed E-state index contributed by atoms with van der Waals surface area (Å²) in [4.78, 5) is 24.2. The highest BCUT2D eigenvalue weighted by molar-refractivity contribution is 5.93. The van der Waals surface area contributed by atoms with Crippen LogP contribution >= 0.6 is 0 Å². The Labute approximate surface area is 130 Å². The second-order valence-electron chi connectivity index (χ2n) is 6.03. The van der Waals surface area contributed by atoms with Crippen LogP contribution in [0.15, 0.2) is 18.2 Å². The molecule has 1 aliphatic carbocycles. The monoisotopic (exact) mass is 305 g/mol. The van der Waals surface area contributed by atoms with Gasteiger partial charge in [0.25, 0.3) is 5.69 Å². The van der Waals surface area contributed by atoms with Gasteiger partial charge in [0.2, 0.25) is 5.91 Å². The zero-order valence-electron chi connectivity index (χ0n) is 13.0. The van der Waals surface area contributed by atoms with E-state index in [2.05, 4.69) is 4.90 Å². The van der Waals surface area contributed by atoms with Gasteiger partial charge in [0.05, 0.1) is 4.92 Å². The van der Waals surface area contributed by atoms with Crippen molar-refractivity contribution in [3.8, 4) is 0 Å². The number of nitro groups is 1. The van der Waals surface area contributed by atoms with Crippen molar-refractivity contribution in [3.63, 3.8) is 0 Å². The Morgan fingerprint density at radius 3 is 2.50 bits per heavy atom. The van der Waals surface area contributed by atoms with Crippen molar-refractivity contribution in [2.75, 3.05) is 7.05 Å². The van der Waals surface area contributed by atoms with E-state index in [0.29, 0.717) is 18.2 Å². The minimum absolute atomic E-state index is 0.0308. The molecule has 1 fully saturated rings. The fraction of sp³-hybridized carbons (Fsp3) is 0.562. The topological polar surface area (TPSA) is 89.5 Å². The normalized spacial score (nSPS) is 16.5. The van der Waals surface area contributed by atoms with Gasteiger partial charge < -0.3 is 5.73 Å². The average molecular weight is 305 g/mol. The maximum absolute atomic E-state index is 11.2. The van der Waals surface area contributed by atoms with Gasteiger partial charge in [0, 0.05) is 29.8 Å². The van der Waals surface area contributed by atoms with E-state index >= 15 is 0 Å². The van der Waals surface area contributed by atoms with Crippen LogP contribution in [0.2, 0.25) is 0 Å². The van der Waals surface area contributed by atoms with Crippen molar-refractivity contribution < 1.29 is 9.72 Å². The van der Waals surface area contributed by atoms with Gasteiger partial charge in [-0.1, -0.05) is 31.7 Å². The number of primary amides is 1. The van der Waals surface area contributed by atoms with Crippen LogP contribution in [-0.4, -0.2) is 28.8 Å². The molecule has 0 aromatic heterocycles. The number of amides is 1. The Kier molecular flexibility index (Phi) is 5.49. The van der Waals surface area contributed by atoms with Crippen molar-refractivity contribution >= 4 is 11.6 Å². The summed E-state index contributed by atoms with van der Waals surface area (Å²) in [5.41, 5.74) is 5.97. The summed E-state index contributed by atoms with van der Waals surface area (Å²) >= 11 is 0. The molecule has 2 rings (SSSR count). The predicted molar refractivity (Wildman–Crippen MR) is 84.6 cm³/mol. The molecule has 0 radical (unpaired) electrons. The molecule has 0 aliphatic heterocycles. The van der Waals surface area contributed by atoms with E-state index in [1.807, 2.05) is 7.05 Å². The summed E-state index contributed by atoms with van der Waals surface area (Å²) in [6, 6.07) is 4.95. The maximum Gasteiger partial charge on any atom is 0.274 e. The summed E-state index contributed by atoms with van der Waals surface area (Å²) < 4.78 is 0. The molecule has 0 saturated heterocycles. The lowest BCUT2D eigenvalue weighted by molar-refractivity contribution is -0.385. The number of benzene rings is 1. The lowest BCUT2D eigenvalue weighted by Crippen LogP contribution is -2.31. The molecule has 1 amide bonds. The van der Waals surface area contributed by atoms with E-state index in [1.165, 1.54) is 31.7 Å². The van der Waals surface area contributed by atoms with Crippen LogP contribution in [0.3, 0.4) is 0 Å². The number of nitrogens with two attached hydrogens (primary N) is 1. The molecule has 120 valence electrons. The molecule has 0 atom stereocenters. The summed E-state index contributed by atoms with van der Waals surface area (Å²) in [6.07, 6.45) is 7.28. The Hall–Kier alpha value is -1.95. The van der Waals surface area contributed by atoms with Crippen molar-refractivity contribution in [2.45, 2.75) is 51.1 Å². The second-order valence-corrected chi connectivity index (χ2v) is 6.03. The van der Waals surface area contributed by atoms with Gasteiger partial charge in [-0.3, -0.25) is 19.8 Å². The van der Waals surface area contributed by atoms with Gasteiger partial charge >= 0.3 is 0 Å². The molecule has 6 heteroatoms. The van der Waals surface area contributed by atoms with E-state index in [4.69, 9.17) is 5.73 Å². The SMILES string of the molecule is CN(Cc1ccc(C(N)=O)cc1[N+](=O)[O-])C1CCCCCC1. The first-order valence-electron chi connectivity index (χ1n) is 7.76. The Morgan fingerprint density at radius 1 is 1.32 bits per heavy atom. The first kappa shape index (κ1) is 16.4. The quantitative estimate of drug-likeness (QED) is 0.514. The molecule has 0 heterocycles. The minimum atomic E-state index is -0.647. The summed E-state index contributed by atoms with van der Waals surface area (Å²) in [7, 11) is 2.02. The van der Waals surface area contributed by atoms with Crippen LogP contribution in [0.5, 0.6) is 0 Å². The van der Waals surface area contributed by atoms with Crippen molar-refractivity contribution in [2.24, 2.45) is 5.73 Å². The Bertz CT molecular complexity index is 552. The van der Waals surface area contributed by atoms with Crippen LogP contribution < -0.4 is 5.73 Å². The molecule has 0 spiro atoms. The van der Waals surface area contributed by atoms with E-state index in [1.54, 1.807) is 12.1 Å².